The molecule has 1 aromatic rings. The lowest BCUT2D eigenvalue weighted by Gasteiger charge is -2.06. The number of hydrogen-bond acceptors (Lipinski definition) is 3. The zero-order chi connectivity index (χ0) is 14.5. The first-order valence-electron chi connectivity index (χ1n) is 6.50. The molecule has 1 aromatic carbocycles. The molecule has 0 fully saturated rings. The number of aliphatic carboxylic acids is 1. The molecule has 1 atom stereocenters. The summed E-state index contributed by atoms with van der Waals surface area (Å²) in [7, 11) is 0. The summed E-state index contributed by atoms with van der Waals surface area (Å²) >= 11 is 0. The summed E-state index contributed by atoms with van der Waals surface area (Å²) in [5, 5.41) is 11.3. The number of carboxylic acid groups (broad SMARTS) is 1. The van der Waals surface area contributed by atoms with Crippen molar-refractivity contribution in [2.24, 2.45) is 5.92 Å². The van der Waals surface area contributed by atoms with Crippen molar-refractivity contribution in [3.05, 3.63) is 35.4 Å². The van der Waals surface area contributed by atoms with E-state index in [0.717, 1.165) is 23.3 Å². The Labute approximate surface area is 117 Å². The van der Waals surface area contributed by atoms with E-state index in [1.165, 1.54) is 6.08 Å². The first kappa shape index (κ1) is 14.1. The second-order valence-electron chi connectivity index (χ2n) is 4.78. The number of hydrogen-bond donors (Lipinski definition) is 2. The Balaban J connectivity index is 1.89. The maximum absolute atomic E-state index is 11.6. The van der Waals surface area contributed by atoms with Crippen molar-refractivity contribution in [2.45, 2.75) is 13.3 Å². The summed E-state index contributed by atoms with van der Waals surface area (Å²) in [5.74, 6) is -0.908. The molecule has 1 aliphatic rings. The Morgan fingerprint density at radius 3 is 3.05 bits per heavy atom. The van der Waals surface area contributed by atoms with E-state index in [0.29, 0.717) is 6.61 Å². The average molecular weight is 275 g/mol. The topological polar surface area (TPSA) is 75.6 Å². The lowest BCUT2D eigenvalue weighted by molar-refractivity contribution is -0.141. The standard InChI is InChI=1S/C15H17NO4/c1-10(15(18)19)9-16-14(17)5-3-11-2-4-13-12(8-11)6-7-20-13/h2-5,8,10H,6-7,9H2,1H3,(H,16,17)(H,18,19). The quantitative estimate of drug-likeness (QED) is 0.798. The zero-order valence-electron chi connectivity index (χ0n) is 11.3. The van der Waals surface area contributed by atoms with Gasteiger partial charge in [-0.25, -0.2) is 0 Å². The van der Waals surface area contributed by atoms with E-state index in [1.807, 2.05) is 18.2 Å². The summed E-state index contributed by atoms with van der Waals surface area (Å²) in [4.78, 5) is 22.2. The number of fused-ring (bicyclic) bond motifs is 1. The largest absolute Gasteiger partial charge is 0.493 e. The van der Waals surface area contributed by atoms with Gasteiger partial charge in [-0.15, -0.1) is 0 Å². The van der Waals surface area contributed by atoms with Crippen molar-refractivity contribution in [3.8, 4) is 5.75 Å². The van der Waals surface area contributed by atoms with Gasteiger partial charge in [0, 0.05) is 19.0 Å². The van der Waals surface area contributed by atoms with Crippen LogP contribution in [0.2, 0.25) is 0 Å². The third kappa shape index (κ3) is 3.60. The molecule has 20 heavy (non-hydrogen) atoms. The first-order valence-corrected chi connectivity index (χ1v) is 6.50. The monoisotopic (exact) mass is 275 g/mol. The number of carbonyl (C=O) groups is 2. The number of carbonyl (C=O) groups excluding carboxylic acids is 1. The van der Waals surface area contributed by atoms with Gasteiger partial charge < -0.3 is 15.2 Å². The van der Waals surface area contributed by atoms with E-state index in [1.54, 1.807) is 13.0 Å². The highest BCUT2D eigenvalue weighted by Gasteiger charge is 2.12. The molecule has 1 heterocycles. The molecule has 0 spiro atoms. The molecule has 0 aromatic heterocycles. The summed E-state index contributed by atoms with van der Waals surface area (Å²) in [6.07, 6.45) is 4.00. The molecule has 2 N–H and O–H groups in total. The van der Waals surface area contributed by atoms with Crippen molar-refractivity contribution in [3.63, 3.8) is 0 Å². The third-order valence-electron chi connectivity index (χ3n) is 3.14. The highest BCUT2D eigenvalue weighted by atomic mass is 16.5. The van der Waals surface area contributed by atoms with Gasteiger partial charge in [-0.1, -0.05) is 13.0 Å². The average Bonchev–Trinajstić information content (AvgIpc) is 2.89. The van der Waals surface area contributed by atoms with Gasteiger partial charge >= 0.3 is 5.97 Å². The second kappa shape index (κ2) is 6.23. The van der Waals surface area contributed by atoms with Crippen molar-refractivity contribution in [2.75, 3.05) is 13.2 Å². The van der Waals surface area contributed by atoms with Crippen LogP contribution in [0, 0.1) is 5.92 Å². The first-order chi connectivity index (χ1) is 9.56. The number of amides is 1. The molecule has 0 bridgehead atoms. The van der Waals surface area contributed by atoms with Crippen LogP contribution in [0.5, 0.6) is 5.75 Å². The normalized spacial score (nSPS) is 14.7. The van der Waals surface area contributed by atoms with Gasteiger partial charge in [-0.2, -0.15) is 0 Å². The second-order valence-corrected chi connectivity index (χ2v) is 4.78. The van der Waals surface area contributed by atoms with E-state index >= 15 is 0 Å². The van der Waals surface area contributed by atoms with Crippen LogP contribution in [-0.4, -0.2) is 30.1 Å². The Kier molecular flexibility index (Phi) is 4.40. The van der Waals surface area contributed by atoms with Crippen molar-refractivity contribution >= 4 is 18.0 Å². The lowest BCUT2D eigenvalue weighted by atomic mass is 10.1. The predicted octanol–water partition coefficient (Wildman–Crippen LogP) is 1.47. The van der Waals surface area contributed by atoms with E-state index in [-0.39, 0.29) is 12.5 Å². The Hall–Kier alpha value is -2.30. The molecular formula is C15H17NO4. The molecule has 5 heteroatoms. The van der Waals surface area contributed by atoms with E-state index in [4.69, 9.17) is 9.84 Å². The fourth-order valence-electron chi connectivity index (χ4n) is 1.88. The van der Waals surface area contributed by atoms with Gasteiger partial charge in [0.15, 0.2) is 0 Å². The van der Waals surface area contributed by atoms with E-state index in [2.05, 4.69) is 5.32 Å². The van der Waals surface area contributed by atoms with Crippen LogP contribution in [-0.2, 0) is 16.0 Å². The third-order valence-corrected chi connectivity index (χ3v) is 3.14. The lowest BCUT2D eigenvalue weighted by Crippen LogP contribution is -2.30. The van der Waals surface area contributed by atoms with Gasteiger partial charge in [0.05, 0.1) is 12.5 Å². The minimum absolute atomic E-state index is 0.122. The molecule has 0 saturated carbocycles. The number of carboxylic acids is 1. The molecule has 106 valence electrons. The molecule has 1 unspecified atom stereocenters. The number of rotatable bonds is 5. The van der Waals surface area contributed by atoms with E-state index < -0.39 is 11.9 Å². The maximum Gasteiger partial charge on any atom is 0.308 e. The SMILES string of the molecule is CC(CNC(=O)C=Cc1ccc2c(c1)CCO2)C(=O)O. The van der Waals surface area contributed by atoms with E-state index in [9.17, 15) is 9.59 Å². The Morgan fingerprint density at radius 2 is 2.30 bits per heavy atom. The minimum Gasteiger partial charge on any atom is -0.493 e. The van der Waals surface area contributed by atoms with Crippen molar-refractivity contribution < 1.29 is 19.4 Å². The van der Waals surface area contributed by atoms with Gasteiger partial charge in [0.25, 0.3) is 0 Å². The van der Waals surface area contributed by atoms with Crippen LogP contribution in [0.25, 0.3) is 6.08 Å². The smallest absolute Gasteiger partial charge is 0.308 e. The molecule has 0 saturated heterocycles. The summed E-state index contributed by atoms with van der Waals surface area (Å²) in [6.45, 7) is 2.37. The number of benzene rings is 1. The molecule has 2 rings (SSSR count). The highest BCUT2D eigenvalue weighted by Crippen LogP contribution is 2.26. The van der Waals surface area contributed by atoms with Gasteiger partial charge in [-0.3, -0.25) is 9.59 Å². The fraction of sp³-hybridized carbons (Fsp3) is 0.333. The molecule has 0 radical (unpaired) electrons. The van der Waals surface area contributed by atoms with Gasteiger partial charge in [0.2, 0.25) is 5.91 Å². The zero-order valence-corrected chi connectivity index (χ0v) is 11.3. The van der Waals surface area contributed by atoms with Gasteiger partial charge in [-0.05, 0) is 29.3 Å². The summed E-state index contributed by atoms with van der Waals surface area (Å²) < 4.78 is 5.41. The fourth-order valence-corrected chi connectivity index (χ4v) is 1.88. The molecule has 1 amide bonds. The van der Waals surface area contributed by atoms with Crippen LogP contribution in [0.3, 0.4) is 0 Å². The maximum atomic E-state index is 11.6. The van der Waals surface area contributed by atoms with Crippen LogP contribution in [0.1, 0.15) is 18.1 Å². The molecular weight excluding hydrogens is 258 g/mol. The highest BCUT2D eigenvalue weighted by molar-refractivity contribution is 5.92. The molecule has 1 aliphatic heterocycles. The minimum atomic E-state index is -0.923. The summed E-state index contributed by atoms with van der Waals surface area (Å²) in [6, 6.07) is 5.77. The van der Waals surface area contributed by atoms with Crippen molar-refractivity contribution in [1.29, 1.82) is 0 Å². The van der Waals surface area contributed by atoms with Crippen LogP contribution in [0.4, 0.5) is 0 Å². The molecule has 0 aliphatic carbocycles. The number of ether oxygens (including phenoxy) is 1. The summed E-state index contributed by atoms with van der Waals surface area (Å²) in [5.41, 5.74) is 2.07. The van der Waals surface area contributed by atoms with Crippen LogP contribution >= 0.6 is 0 Å². The molecule has 5 nitrogen and oxygen atoms in total. The Bertz CT molecular complexity index is 551. The Morgan fingerprint density at radius 1 is 1.50 bits per heavy atom. The van der Waals surface area contributed by atoms with Crippen molar-refractivity contribution in [1.82, 2.24) is 5.32 Å². The van der Waals surface area contributed by atoms with Crippen LogP contribution in [0.15, 0.2) is 24.3 Å². The number of nitrogens with one attached hydrogen (secondary N) is 1. The predicted molar refractivity (Wildman–Crippen MR) is 74.5 cm³/mol. The van der Waals surface area contributed by atoms with Crippen LogP contribution < -0.4 is 10.1 Å². The van der Waals surface area contributed by atoms with Gasteiger partial charge in [0.1, 0.15) is 5.75 Å².